The van der Waals surface area contributed by atoms with E-state index < -0.39 is 5.97 Å². The van der Waals surface area contributed by atoms with Gasteiger partial charge in [0.15, 0.2) is 11.5 Å². The second-order valence-corrected chi connectivity index (χ2v) is 3.35. The Morgan fingerprint density at radius 2 is 1.82 bits per heavy atom. The molecule has 1 aromatic carbocycles. The lowest BCUT2D eigenvalue weighted by molar-refractivity contribution is 0.0690. The topological polar surface area (TPSA) is 109 Å². The molecule has 0 aliphatic heterocycles. The number of nitrogens with zero attached hydrogens (tertiary/aromatic N) is 2. The molecule has 0 radical (unpaired) electrons. The molecule has 0 saturated carbocycles. The fraction of sp³-hybridized carbons (Fsp3) is 0. The van der Waals surface area contributed by atoms with Crippen molar-refractivity contribution >= 4 is 11.8 Å². The lowest BCUT2D eigenvalue weighted by Crippen LogP contribution is -2.05. The zero-order valence-electron chi connectivity index (χ0n) is 8.66. The largest absolute Gasteiger partial charge is 0.508 e. The molecule has 0 bridgehead atoms. The number of hydrogen-bond acceptors (Lipinski definition) is 5. The number of benzene rings is 1. The van der Waals surface area contributed by atoms with Gasteiger partial charge in [-0.15, -0.1) is 0 Å². The van der Waals surface area contributed by atoms with Crippen molar-refractivity contribution in [3.05, 3.63) is 36.0 Å². The molecule has 86 valence electrons. The summed E-state index contributed by atoms with van der Waals surface area (Å²) >= 11 is 0. The molecule has 0 amide bonds. The van der Waals surface area contributed by atoms with E-state index in [0.29, 0.717) is 5.56 Å². The monoisotopic (exact) mass is 231 g/mol. The molecule has 0 aliphatic carbocycles. The molecule has 0 saturated heterocycles. The molecule has 6 heteroatoms. The third-order valence-electron chi connectivity index (χ3n) is 2.09. The predicted octanol–water partition coefficient (Wildman–Crippen LogP) is 1.13. The van der Waals surface area contributed by atoms with Gasteiger partial charge in [-0.25, -0.2) is 14.8 Å². The van der Waals surface area contributed by atoms with Crippen LogP contribution in [0.3, 0.4) is 0 Å². The van der Waals surface area contributed by atoms with Crippen LogP contribution in [-0.4, -0.2) is 26.2 Å². The number of anilines is 1. The van der Waals surface area contributed by atoms with E-state index in [-0.39, 0.29) is 23.1 Å². The molecule has 6 nitrogen and oxygen atoms in total. The standard InChI is InChI=1S/C11H9N3O3/c12-9-5-8(11(16)17)13-10(14-9)6-1-3-7(15)4-2-6/h1-5,15H,(H,16,17)(H2,12,13,14). The van der Waals surface area contributed by atoms with Gasteiger partial charge in [0.2, 0.25) is 0 Å². The lowest BCUT2D eigenvalue weighted by Gasteiger charge is -2.03. The van der Waals surface area contributed by atoms with Crippen LogP contribution < -0.4 is 5.73 Å². The first kappa shape index (κ1) is 10.9. The summed E-state index contributed by atoms with van der Waals surface area (Å²) < 4.78 is 0. The maximum Gasteiger partial charge on any atom is 0.354 e. The highest BCUT2D eigenvalue weighted by molar-refractivity contribution is 5.86. The van der Waals surface area contributed by atoms with Crippen molar-refractivity contribution in [3.63, 3.8) is 0 Å². The Balaban J connectivity index is 2.51. The molecule has 0 unspecified atom stereocenters. The predicted molar refractivity (Wildman–Crippen MR) is 60.5 cm³/mol. The molecule has 0 fully saturated rings. The number of carbonyl (C=O) groups is 1. The molecule has 17 heavy (non-hydrogen) atoms. The number of phenols is 1. The SMILES string of the molecule is Nc1cc(C(=O)O)nc(-c2ccc(O)cc2)n1. The minimum Gasteiger partial charge on any atom is -0.508 e. The smallest absolute Gasteiger partial charge is 0.354 e. The van der Waals surface area contributed by atoms with Gasteiger partial charge in [0.25, 0.3) is 0 Å². The third kappa shape index (κ3) is 2.31. The molecule has 2 rings (SSSR count). The number of aromatic nitrogens is 2. The number of nitrogen functional groups attached to an aromatic ring is 1. The summed E-state index contributed by atoms with van der Waals surface area (Å²) in [5, 5.41) is 18.0. The number of aromatic carboxylic acids is 1. The van der Waals surface area contributed by atoms with Crippen LogP contribution in [0.1, 0.15) is 10.5 Å². The maximum absolute atomic E-state index is 10.8. The van der Waals surface area contributed by atoms with Crippen LogP contribution in [-0.2, 0) is 0 Å². The molecule has 0 atom stereocenters. The van der Waals surface area contributed by atoms with Crippen molar-refractivity contribution < 1.29 is 15.0 Å². The Kier molecular flexibility index (Phi) is 2.61. The van der Waals surface area contributed by atoms with Crippen molar-refractivity contribution in [3.8, 4) is 17.1 Å². The van der Waals surface area contributed by atoms with Gasteiger partial charge in [-0.05, 0) is 24.3 Å². The number of hydrogen-bond donors (Lipinski definition) is 3. The summed E-state index contributed by atoms with van der Waals surface area (Å²) in [5.41, 5.74) is 5.92. The summed E-state index contributed by atoms with van der Waals surface area (Å²) in [6.45, 7) is 0. The second kappa shape index (κ2) is 4.09. The quantitative estimate of drug-likeness (QED) is 0.714. The van der Waals surface area contributed by atoms with E-state index in [4.69, 9.17) is 15.9 Å². The van der Waals surface area contributed by atoms with Crippen LogP contribution in [0.15, 0.2) is 30.3 Å². The highest BCUT2D eigenvalue weighted by Gasteiger charge is 2.10. The Bertz CT molecular complexity index is 567. The van der Waals surface area contributed by atoms with Gasteiger partial charge in [0, 0.05) is 11.6 Å². The van der Waals surface area contributed by atoms with E-state index in [2.05, 4.69) is 9.97 Å². The van der Waals surface area contributed by atoms with Gasteiger partial charge < -0.3 is 15.9 Å². The van der Waals surface area contributed by atoms with E-state index >= 15 is 0 Å². The highest BCUT2D eigenvalue weighted by Crippen LogP contribution is 2.19. The first-order valence-electron chi connectivity index (χ1n) is 4.73. The van der Waals surface area contributed by atoms with Gasteiger partial charge in [-0.2, -0.15) is 0 Å². The van der Waals surface area contributed by atoms with Crippen LogP contribution in [0.4, 0.5) is 5.82 Å². The molecular weight excluding hydrogens is 222 g/mol. The summed E-state index contributed by atoms with van der Waals surface area (Å²) in [6, 6.07) is 7.27. The van der Waals surface area contributed by atoms with Crippen molar-refractivity contribution in [1.29, 1.82) is 0 Å². The number of phenolic OH excluding ortho intramolecular Hbond substituents is 1. The molecule has 0 aliphatic rings. The number of nitrogens with two attached hydrogens (primary N) is 1. The van der Waals surface area contributed by atoms with E-state index in [9.17, 15) is 4.79 Å². The highest BCUT2D eigenvalue weighted by atomic mass is 16.4. The number of rotatable bonds is 2. The first-order valence-corrected chi connectivity index (χ1v) is 4.73. The molecule has 1 aromatic heterocycles. The third-order valence-corrected chi connectivity index (χ3v) is 2.09. The molecular formula is C11H9N3O3. The minimum atomic E-state index is -1.17. The fourth-order valence-electron chi connectivity index (χ4n) is 1.32. The summed E-state index contributed by atoms with van der Waals surface area (Å²) in [5.74, 6) is -0.766. The summed E-state index contributed by atoms with van der Waals surface area (Å²) in [7, 11) is 0. The van der Waals surface area contributed by atoms with Gasteiger partial charge in [-0.3, -0.25) is 0 Å². The number of aromatic hydroxyl groups is 1. The lowest BCUT2D eigenvalue weighted by atomic mass is 10.2. The van der Waals surface area contributed by atoms with Crippen LogP contribution in [0.25, 0.3) is 11.4 Å². The Morgan fingerprint density at radius 1 is 1.18 bits per heavy atom. The van der Waals surface area contributed by atoms with Crippen molar-refractivity contribution in [1.82, 2.24) is 9.97 Å². The van der Waals surface area contributed by atoms with Crippen molar-refractivity contribution in [2.24, 2.45) is 0 Å². The maximum atomic E-state index is 10.8. The van der Waals surface area contributed by atoms with Crippen molar-refractivity contribution in [2.75, 3.05) is 5.73 Å². The van der Waals surface area contributed by atoms with Crippen LogP contribution in [0.5, 0.6) is 5.75 Å². The number of carboxylic acids is 1. The number of carboxylic acid groups (broad SMARTS) is 1. The molecule has 4 N–H and O–H groups in total. The van der Waals surface area contributed by atoms with Gasteiger partial charge in [0.1, 0.15) is 11.6 Å². The van der Waals surface area contributed by atoms with E-state index in [1.165, 1.54) is 18.2 Å². The summed E-state index contributed by atoms with van der Waals surface area (Å²) in [4.78, 5) is 18.6. The molecule has 1 heterocycles. The Hall–Kier alpha value is -2.63. The average Bonchev–Trinajstić information content (AvgIpc) is 2.29. The van der Waals surface area contributed by atoms with Gasteiger partial charge in [-0.1, -0.05) is 0 Å². The molecule has 2 aromatic rings. The average molecular weight is 231 g/mol. The Labute approximate surface area is 96.4 Å². The summed E-state index contributed by atoms with van der Waals surface area (Å²) in [6.07, 6.45) is 0. The van der Waals surface area contributed by atoms with E-state index in [1.807, 2.05) is 0 Å². The normalized spacial score (nSPS) is 10.1. The van der Waals surface area contributed by atoms with Gasteiger partial charge in [0.05, 0.1) is 0 Å². The van der Waals surface area contributed by atoms with Crippen molar-refractivity contribution in [2.45, 2.75) is 0 Å². The Morgan fingerprint density at radius 3 is 2.41 bits per heavy atom. The minimum absolute atomic E-state index is 0.0838. The first-order chi connectivity index (χ1) is 8.06. The zero-order chi connectivity index (χ0) is 12.4. The van der Waals surface area contributed by atoms with E-state index in [1.54, 1.807) is 12.1 Å². The van der Waals surface area contributed by atoms with Crippen LogP contribution in [0, 0.1) is 0 Å². The molecule has 0 spiro atoms. The zero-order valence-corrected chi connectivity index (χ0v) is 8.66. The fourth-order valence-corrected chi connectivity index (χ4v) is 1.32. The van der Waals surface area contributed by atoms with Crippen LogP contribution in [0.2, 0.25) is 0 Å². The van der Waals surface area contributed by atoms with E-state index in [0.717, 1.165) is 0 Å². The second-order valence-electron chi connectivity index (χ2n) is 3.35. The van der Waals surface area contributed by atoms with Crippen LogP contribution >= 0.6 is 0 Å². The van der Waals surface area contributed by atoms with Gasteiger partial charge >= 0.3 is 5.97 Å².